The molecular formula is C11H16N2O3. The Bertz CT molecular complexity index is 394. The topological polar surface area (TPSA) is 75.4 Å². The summed E-state index contributed by atoms with van der Waals surface area (Å²) in [6.07, 6.45) is 5.01. The van der Waals surface area contributed by atoms with Crippen LogP contribution in [0.5, 0.6) is 0 Å². The lowest BCUT2D eigenvalue weighted by atomic mass is 9.68. The fourth-order valence-electron chi connectivity index (χ4n) is 2.12. The Hall–Kier alpha value is -1.36. The third-order valence-electron chi connectivity index (χ3n) is 3.14. The summed E-state index contributed by atoms with van der Waals surface area (Å²) < 4.78 is 1.78. The first-order valence-corrected chi connectivity index (χ1v) is 5.53. The summed E-state index contributed by atoms with van der Waals surface area (Å²) in [5.74, 6) is -1.25. The Morgan fingerprint density at radius 1 is 1.69 bits per heavy atom. The van der Waals surface area contributed by atoms with Crippen LogP contribution < -0.4 is 0 Å². The number of rotatable bonds is 4. The molecule has 5 heteroatoms. The number of hydrogen-bond acceptors (Lipinski definition) is 3. The van der Waals surface area contributed by atoms with Crippen molar-refractivity contribution in [3.8, 4) is 0 Å². The van der Waals surface area contributed by atoms with Gasteiger partial charge in [-0.05, 0) is 19.3 Å². The molecule has 0 radical (unpaired) electrons. The van der Waals surface area contributed by atoms with Crippen molar-refractivity contribution in [2.24, 2.45) is 5.92 Å². The molecule has 0 atom stereocenters. The summed E-state index contributed by atoms with van der Waals surface area (Å²) in [5, 5.41) is 23.1. The van der Waals surface area contributed by atoms with Crippen LogP contribution in [0.4, 0.5) is 0 Å². The zero-order chi connectivity index (χ0) is 11.8. The van der Waals surface area contributed by atoms with E-state index in [1.54, 1.807) is 10.9 Å². The quantitative estimate of drug-likeness (QED) is 0.799. The lowest BCUT2D eigenvalue weighted by Crippen LogP contribution is -2.44. The fraction of sp³-hybridized carbons (Fsp3) is 0.636. The van der Waals surface area contributed by atoms with E-state index in [-0.39, 0.29) is 0 Å². The second kappa shape index (κ2) is 3.90. The molecular weight excluding hydrogens is 208 g/mol. The van der Waals surface area contributed by atoms with Gasteiger partial charge in [-0.3, -0.25) is 9.48 Å². The minimum atomic E-state index is -0.977. The molecule has 0 unspecified atom stereocenters. The van der Waals surface area contributed by atoms with Crippen LogP contribution in [0.25, 0.3) is 0 Å². The molecule has 16 heavy (non-hydrogen) atoms. The monoisotopic (exact) mass is 224 g/mol. The Morgan fingerprint density at radius 3 is 2.94 bits per heavy atom. The zero-order valence-electron chi connectivity index (χ0n) is 9.26. The average Bonchev–Trinajstić information content (AvgIpc) is 2.62. The fourth-order valence-corrected chi connectivity index (χ4v) is 2.12. The Balaban J connectivity index is 2.05. The van der Waals surface area contributed by atoms with Crippen LogP contribution in [0.1, 0.15) is 31.7 Å². The molecule has 1 aromatic rings. The van der Waals surface area contributed by atoms with E-state index in [0.29, 0.717) is 12.8 Å². The lowest BCUT2D eigenvalue weighted by molar-refractivity contribution is -0.159. The normalized spacial score (nSPS) is 28.8. The third kappa shape index (κ3) is 1.82. The van der Waals surface area contributed by atoms with Crippen LogP contribution in [0.2, 0.25) is 0 Å². The van der Waals surface area contributed by atoms with E-state index in [1.165, 1.54) is 0 Å². The van der Waals surface area contributed by atoms with Gasteiger partial charge in [0.25, 0.3) is 0 Å². The smallest absolute Gasteiger partial charge is 0.306 e. The van der Waals surface area contributed by atoms with Crippen molar-refractivity contribution < 1.29 is 15.0 Å². The third-order valence-corrected chi connectivity index (χ3v) is 3.14. The second-order valence-electron chi connectivity index (χ2n) is 4.47. The molecule has 1 aromatic heterocycles. The van der Waals surface area contributed by atoms with Crippen molar-refractivity contribution >= 4 is 5.97 Å². The van der Waals surface area contributed by atoms with Crippen LogP contribution in [-0.4, -0.2) is 26.0 Å². The van der Waals surface area contributed by atoms with E-state index in [4.69, 9.17) is 5.11 Å². The number of carbonyl (C=O) groups is 1. The number of nitrogens with zero attached hydrogens (tertiary/aromatic N) is 2. The molecule has 88 valence electrons. The summed E-state index contributed by atoms with van der Waals surface area (Å²) in [5.41, 5.74) is -0.242. The first-order chi connectivity index (χ1) is 7.55. The molecule has 1 aliphatic rings. The van der Waals surface area contributed by atoms with Gasteiger partial charge in [0.2, 0.25) is 0 Å². The molecule has 1 saturated carbocycles. The molecule has 0 amide bonds. The SMILES string of the molecule is CCCn1cc(C2(O)CC(C(=O)O)C2)cn1. The Labute approximate surface area is 93.7 Å². The summed E-state index contributed by atoms with van der Waals surface area (Å²) in [4.78, 5) is 10.7. The standard InChI is InChI=1S/C11H16N2O3/c1-2-3-13-7-9(6-12-13)11(16)4-8(5-11)10(14)15/h6-8,16H,2-5H2,1H3,(H,14,15). The molecule has 0 aromatic carbocycles. The molecule has 5 nitrogen and oxygen atoms in total. The molecule has 0 saturated heterocycles. The van der Waals surface area contributed by atoms with Crippen LogP contribution in [0.15, 0.2) is 12.4 Å². The van der Waals surface area contributed by atoms with E-state index >= 15 is 0 Å². The minimum absolute atomic E-state index is 0.292. The Morgan fingerprint density at radius 2 is 2.38 bits per heavy atom. The van der Waals surface area contributed by atoms with E-state index in [2.05, 4.69) is 12.0 Å². The van der Waals surface area contributed by atoms with Gasteiger partial charge in [0.05, 0.1) is 17.7 Å². The maximum atomic E-state index is 10.7. The highest BCUT2D eigenvalue weighted by Crippen LogP contribution is 2.45. The van der Waals surface area contributed by atoms with Crippen LogP contribution >= 0.6 is 0 Å². The van der Waals surface area contributed by atoms with Crippen LogP contribution in [0, 0.1) is 5.92 Å². The van der Waals surface area contributed by atoms with Crippen molar-refractivity contribution in [1.82, 2.24) is 9.78 Å². The predicted octanol–water partition coefficient (Wildman–Crippen LogP) is 0.975. The van der Waals surface area contributed by atoms with Crippen molar-refractivity contribution in [2.75, 3.05) is 0 Å². The first-order valence-electron chi connectivity index (χ1n) is 5.53. The van der Waals surface area contributed by atoms with Gasteiger partial charge < -0.3 is 10.2 Å². The van der Waals surface area contributed by atoms with Crippen LogP contribution in [0.3, 0.4) is 0 Å². The largest absolute Gasteiger partial charge is 0.481 e. The number of aromatic nitrogens is 2. The zero-order valence-corrected chi connectivity index (χ0v) is 9.26. The van der Waals surface area contributed by atoms with Gasteiger partial charge in [-0.2, -0.15) is 5.10 Å². The number of aliphatic carboxylic acids is 1. The highest BCUT2D eigenvalue weighted by molar-refractivity contribution is 5.71. The molecule has 2 N–H and O–H groups in total. The van der Waals surface area contributed by atoms with E-state index in [0.717, 1.165) is 18.5 Å². The van der Waals surface area contributed by atoms with Gasteiger partial charge in [-0.15, -0.1) is 0 Å². The van der Waals surface area contributed by atoms with Crippen LogP contribution in [-0.2, 0) is 16.9 Å². The minimum Gasteiger partial charge on any atom is -0.481 e. The predicted molar refractivity (Wildman–Crippen MR) is 56.8 cm³/mol. The van der Waals surface area contributed by atoms with Crippen molar-refractivity contribution in [3.05, 3.63) is 18.0 Å². The number of hydrogen-bond donors (Lipinski definition) is 2. The molecule has 0 aliphatic heterocycles. The highest BCUT2D eigenvalue weighted by atomic mass is 16.4. The highest BCUT2D eigenvalue weighted by Gasteiger charge is 2.48. The van der Waals surface area contributed by atoms with E-state index < -0.39 is 17.5 Å². The summed E-state index contributed by atoms with van der Waals surface area (Å²) >= 11 is 0. The summed E-state index contributed by atoms with van der Waals surface area (Å²) in [7, 11) is 0. The number of aliphatic hydroxyl groups is 1. The average molecular weight is 224 g/mol. The van der Waals surface area contributed by atoms with Gasteiger partial charge in [-0.25, -0.2) is 0 Å². The van der Waals surface area contributed by atoms with E-state index in [9.17, 15) is 9.90 Å². The summed E-state index contributed by atoms with van der Waals surface area (Å²) in [6.45, 7) is 2.87. The number of carboxylic acid groups (broad SMARTS) is 1. The molecule has 2 rings (SSSR count). The van der Waals surface area contributed by atoms with Gasteiger partial charge in [0, 0.05) is 18.3 Å². The molecule has 1 fully saturated rings. The first kappa shape index (κ1) is 11.1. The van der Waals surface area contributed by atoms with Crippen molar-refractivity contribution in [2.45, 2.75) is 38.3 Å². The molecule has 0 bridgehead atoms. The maximum absolute atomic E-state index is 10.7. The Kier molecular flexibility index (Phi) is 2.71. The van der Waals surface area contributed by atoms with Gasteiger partial charge in [-0.1, -0.05) is 6.92 Å². The summed E-state index contributed by atoms with van der Waals surface area (Å²) in [6, 6.07) is 0. The molecule has 1 aliphatic carbocycles. The van der Waals surface area contributed by atoms with Crippen molar-refractivity contribution in [3.63, 3.8) is 0 Å². The van der Waals surface area contributed by atoms with E-state index in [1.807, 2.05) is 6.20 Å². The number of aryl methyl sites for hydroxylation is 1. The number of carboxylic acids is 1. The van der Waals surface area contributed by atoms with Gasteiger partial charge in [0.1, 0.15) is 0 Å². The van der Waals surface area contributed by atoms with Gasteiger partial charge in [0.15, 0.2) is 0 Å². The molecule has 1 heterocycles. The maximum Gasteiger partial charge on any atom is 0.306 e. The molecule has 0 spiro atoms. The second-order valence-corrected chi connectivity index (χ2v) is 4.47. The van der Waals surface area contributed by atoms with Crippen molar-refractivity contribution in [1.29, 1.82) is 0 Å². The lowest BCUT2D eigenvalue weighted by Gasteiger charge is -2.40. The van der Waals surface area contributed by atoms with Gasteiger partial charge >= 0.3 is 5.97 Å².